The first-order chi connectivity index (χ1) is 12.4. The Balaban J connectivity index is 1.79. The summed E-state index contributed by atoms with van der Waals surface area (Å²) in [5.41, 5.74) is 0.841. The van der Waals surface area contributed by atoms with Gasteiger partial charge in [0.15, 0.2) is 6.61 Å². The van der Waals surface area contributed by atoms with Gasteiger partial charge in [0.25, 0.3) is 0 Å². The van der Waals surface area contributed by atoms with Crippen LogP contribution in [0.2, 0.25) is 0 Å². The van der Waals surface area contributed by atoms with Crippen LogP contribution in [0.1, 0.15) is 32.3 Å². The average Bonchev–Trinajstić information content (AvgIpc) is 2.64. The number of hydrogen-bond donors (Lipinski definition) is 2. The summed E-state index contributed by atoms with van der Waals surface area (Å²) in [7, 11) is 0. The number of carbonyl (C=O) groups excluding carboxylic acids is 2. The lowest BCUT2D eigenvalue weighted by molar-refractivity contribution is -0.139. The van der Waals surface area contributed by atoms with Gasteiger partial charge in [0.05, 0.1) is 0 Å². The zero-order valence-corrected chi connectivity index (χ0v) is 15.2. The van der Waals surface area contributed by atoms with E-state index in [4.69, 9.17) is 9.84 Å². The van der Waals surface area contributed by atoms with Crippen molar-refractivity contribution >= 4 is 17.8 Å². The second-order valence-corrected chi connectivity index (χ2v) is 6.80. The van der Waals surface area contributed by atoms with Crippen molar-refractivity contribution < 1.29 is 24.2 Å². The highest BCUT2D eigenvalue weighted by Gasteiger charge is 2.27. The van der Waals surface area contributed by atoms with E-state index in [1.54, 1.807) is 18.2 Å². The first-order valence-corrected chi connectivity index (χ1v) is 8.87. The molecular weight excluding hydrogens is 336 g/mol. The molecule has 142 valence electrons. The van der Waals surface area contributed by atoms with Crippen LogP contribution >= 0.6 is 0 Å². The summed E-state index contributed by atoms with van der Waals surface area (Å²) in [6, 6.07) is 7.00. The number of carbonyl (C=O) groups is 3. The summed E-state index contributed by atoms with van der Waals surface area (Å²) in [6.07, 6.45) is 1.35. The summed E-state index contributed by atoms with van der Waals surface area (Å²) in [5.74, 6) is -0.556. The molecule has 2 N–H and O–H groups in total. The van der Waals surface area contributed by atoms with Gasteiger partial charge in [-0.2, -0.15) is 0 Å². The van der Waals surface area contributed by atoms with Gasteiger partial charge in [0.1, 0.15) is 5.75 Å². The van der Waals surface area contributed by atoms with Crippen molar-refractivity contribution in [1.82, 2.24) is 10.2 Å². The maximum absolute atomic E-state index is 12.4. The van der Waals surface area contributed by atoms with Crippen LogP contribution in [0.25, 0.3) is 0 Å². The lowest BCUT2D eigenvalue weighted by Crippen LogP contribution is -2.44. The van der Waals surface area contributed by atoms with Crippen LogP contribution < -0.4 is 10.1 Å². The molecule has 0 radical (unpaired) electrons. The number of benzene rings is 1. The molecule has 1 heterocycles. The molecule has 26 heavy (non-hydrogen) atoms. The van der Waals surface area contributed by atoms with Crippen molar-refractivity contribution in [3.8, 4) is 5.75 Å². The van der Waals surface area contributed by atoms with E-state index in [1.807, 2.05) is 24.8 Å². The standard InChI is InChI=1S/C19H26N2O5/c1-13(2)19(25)21-8-6-15(7-9-21)18(24)20-11-14-4-3-5-16(10-14)26-12-17(22)23/h3-5,10,13,15H,6-9,11-12H2,1-2H3,(H,20,24)(H,22,23). The molecule has 1 aliphatic heterocycles. The molecule has 7 heteroatoms. The number of likely N-dealkylation sites (tertiary alicyclic amines) is 1. The maximum atomic E-state index is 12.4. The van der Waals surface area contributed by atoms with Crippen LogP contribution in [0.15, 0.2) is 24.3 Å². The predicted molar refractivity (Wildman–Crippen MR) is 95.6 cm³/mol. The molecule has 7 nitrogen and oxygen atoms in total. The fourth-order valence-electron chi connectivity index (χ4n) is 2.95. The van der Waals surface area contributed by atoms with Crippen molar-refractivity contribution in [3.05, 3.63) is 29.8 Å². The molecule has 1 aliphatic rings. The average molecular weight is 362 g/mol. The fraction of sp³-hybridized carbons (Fsp3) is 0.526. The molecule has 1 fully saturated rings. The molecule has 0 aromatic heterocycles. The first kappa shape index (κ1) is 19.8. The van der Waals surface area contributed by atoms with E-state index in [-0.39, 0.29) is 23.7 Å². The van der Waals surface area contributed by atoms with Gasteiger partial charge < -0.3 is 20.1 Å². The summed E-state index contributed by atoms with van der Waals surface area (Å²) in [5, 5.41) is 11.6. The summed E-state index contributed by atoms with van der Waals surface area (Å²) in [6.45, 7) is 4.96. The highest BCUT2D eigenvalue weighted by atomic mass is 16.5. The van der Waals surface area contributed by atoms with Crippen molar-refractivity contribution in [2.45, 2.75) is 33.2 Å². The second kappa shape index (κ2) is 9.22. The Bertz CT molecular complexity index is 651. The smallest absolute Gasteiger partial charge is 0.341 e. The Morgan fingerprint density at radius 3 is 2.58 bits per heavy atom. The van der Waals surface area contributed by atoms with E-state index in [1.165, 1.54) is 0 Å². The summed E-state index contributed by atoms with van der Waals surface area (Å²) in [4.78, 5) is 36.7. The third-order valence-electron chi connectivity index (χ3n) is 4.40. The van der Waals surface area contributed by atoms with Gasteiger partial charge >= 0.3 is 5.97 Å². The van der Waals surface area contributed by atoms with Crippen LogP contribution in [-0.4, -0.2) is 47.5 Å². The molecule has 0 saturated carbocycles. The van der Waals surface area contributed by atoms with Gasteiger partial charge in [-0.05, 0) is 30.5 Å². The molecule has 0 spiro atoms. The third kappa shape index (κ3) is 5.75. The van der Waals surface area contributed by atoms with Gasteiger partial charge in [-0.3, -0.25) is 9.59 Å². The van der Waals surface area contributed by atoms with Crippen LogP contribution in [0.3, 0.4) is 0 Å². The zero-order valence-electron chi connectivity index (χ0n) is 15.2. The molecule has 0 unspecified atom stereocenters. The van der Waals surface area contributed by atoms with Crippen LogP contribution in [0, 0.1) is 11.8 Å². The van der Waals surface area contributed by atoms with E-state index in [9.17, 15) is 14.4 Å². The van der Waals surface area contributed by atoms with E-state index in [0.29, 0.717) is 38.2 Å². The Hall–Kier alpha value is -2.57. The number of hydrogen-bond acceptors (Lipinski definition) is 4. The fourth-order valence-corrected chi connectivity index (χ4v) is 2.95. The van der Waals surface area contributed by atoms with Crippen molar-refractivity contribution in [3.63, 3.8) is 0 Å². The highest BCUT2D eigenvalue weighted by Crippen LogP contribution is 2.19. The highest BCUT2D eigenvalue weighted by molar-refractivity contribution is 5.80. The summed E-state index contributed by atoms with van der Waals surface area (Å²) < 4.78 is 5.13. The normalized spacial score (nSPS) is 15.0. The number of nitrogens with zero attached hydrogens (tertiary/aromatic N) is 1. The molecule has 1 saturated heterocycles. The summed E-state index contributed by atoms with van der Waals surface area (Å²) >= 11 is 0. The number of amides is 2. The molecule has 0 bridgehead atoms. The molecule has 1 aromatic carbocycles. The minimum atomic E-state index is -1.04. The lowest BCUT2D eigenvalue weighted by Gasteiger charge is -2.32. The Morgan fingerprint density at radius 2 is 1.96 bits per heavy atom. The van der Waals surface area contributed by atoms with Gasteiger partial charge in [0, 0.05) is 31.5 Å². The van der Waals surface area contributed by atoms with Crippen molar-refractivity contribution in [2.24, 2.45) is 11.8 Å². The lowest BCUT2D eigenvalue weighted by atomic mass is 9.95. The predicted octanol–water partition coefficient (Wildman–Crippen LogP) is 1.66. The minimum absolute atomic E-state index is 0.0153. The number of nitrogens with one attached hydrogen (secondary N) is 1. The molecule has 1 aromatic rings. The molecule has 0 aliphatic carbocycles. The third-order valence-corrected chi connectivity index (χ3v) is 4.40. The molecule has 2 amide bonds. The Kier molecular flexibility index (Phi) is 7.00. The number of carboxylic acids is 1. The molecule has 2 rings (SSSR count). The van der Waals surface area contributed by atoms with E-state index >= 15 is 0 Å². The topological polar surface area (TPSA) is 95.9 Å². The second-order valence-electron chi connectivity index (χ2n) is 6.80. The van der Waals surface area contributed by atoms with Gasteiger partial charge in [0.2, 0.25) is 11.8 Å². The van der Waals surface area contributed by atoms with E-state index in [0.717, 1.165) is 5.56 Å². The van der Waals surface area contributed by atoms with Crippen LogP contribution in [0.5, 0.6) is 5.75 Å². The number of piperidine rings is 1. The van der Waals surface area contributed by atoms with E-state index in [2.05, 4.69) is 5.32 Å². The van der Waals surface area contributed by atoms with Gasteiger partial charge in [-0.1, -0.05) is 26.0 Å². The molecular formula is C19H26N2O5. The quantitative estimate of drug-likeness (QED) is 0.769. The van der Waals surface area contributed by atoms with E-state index < -0.39 is 12.6 Å². The van der Waals surface area contributed by atoms with Crippen molar-refractivity contribution in [1.29, 1.82) is 0 Å². The van der Waals surface area contributed by atoms with Crippen molar-refractivity contribution in [2.75, 3.05) is 19.7 Å². The van der Waals surface area contributed by atoms with Gasteiger partial charge in [-0.25, -0.2) is 4.79 Å². The monoisotopic (exact) mass is 362 g/mol. The largest absolute Gasteiger partial charge is 0.482 e. The first-order valence-electron chi connectivity index (χ1n) is 8.87. The number of ether oxygens (including phenoxy) is 1. The molecule has 0 atom stereocenters. The Morgan fingerprint density at radius 1 is 1.27 bits per heavy atom. The van der Waals surface area contributed by atoms with Crippen LogP contribution in [0.4, 0.5) is 0 Å². The van der Waals surface area contributed by atoms with Gasteiger partial charge in [-0.15, -0.1) is 0 Å². The maximum Gasteiger partial charge on any atom is 0.341 e. The number of carboxylic acid groups (broad SMARTS) is 1. The van der Waals surface area contributed by atoms with Crippen LogP contribution in [-0.2, 0) is 20.9 Å². The Labute approximate surface area is 153 Å². The SMILES string of the molecule is CC(C)C(=O)N1CCC(C(=O)NCc2cccc(OCC(=O)O)c2)CC1. The number of aliphatic carboxylic acids is 1. The minimum Gasteiger partial charge on any atom is -0.482 e. The number of rotatable bonds is 7. The zero-order chi connectivity index (χ0) is 19.1.